The Kier molecular flexibility index (Phi) is 7.22. The lowest BCUT2D eigenvalue weighted by molar-refractivity contribution is -0.115. The quantitative estimate of drug-likeness (QED) is 0.318. The van der Waals surface area contributed by atoms with Crippen molar-refractivity contribution in [2.75, 3.05) is 25.5 Å². The van der Waals surface area contributed by atoms with E-state index in [9.17, 15) is 9.59 Å². The Labute approximate surface area is 182 Å². The van der Waals surface area contributed by atoms with E-state index in [1.165, 1.54) is 0 Å². The predicted octanol–water partition coefficient (Wildman–Crippen LogP) is 2.80. The van der Waals surface area contributed by atoms with E-state index in [-0.39, 0.29) is 5.91 Å². The Morgan fingerprint density at radius 1 is 1.10 bits per heavy atom. The van der Waals surface area contributed by atoms with Crippen LogP contribution in [0.3, 0.4) is 0 Å². The van der Waals surface area contributed by atoms with Gasteiger partial charge in [-0.1, -0.05) is 30.3 Å². The molecule has 0 fully saturated rings. The van der Waals surface area contributed by atoms with Crippen LogP contribution in [0.2, 0.25) is 0 Å². The van der Waals surface area contributed by atoms with Crippen LogP contribution in [0.25, 0.3) is 11.6 Å². The zero-order valence-corrected chi connectivity index (χ0v) is 17.8. The Balaban J connectivity index is 1.85. The van der Waals surface area contributed by atoms with Crippen molar-refractivity contribution in [3.05, 3.63) is 83.9 Å². The van der Waals surface area contributed by atoms with E-state index in [4.69, 9.17) is 5.73 Å². The van der Waals surface area contributed by atoms with Gasteiger partial charge < -0.3 is 20.5 Å². The fraction of sp³-hybridized carbons (Fsp3) is 0.208. The van der Waals surface area contributed by atoms with Gasteiger partial charge in [0, 0.05) is 56.4 Å². The van der Waals surface area contributed by atoms with Gasteiger partial charge in [0.1, 0.15) is 0 Å². The van der Waals surface area contributed by atoms with Crippen molar-refractivity contribution in [3.8, 4) is 0 Å². The molecule has 3 N–H and O–H groups in total. The second-order valence-electron chi connectivity index (χ2n) is 7.36. The summed E-state index contributed by atoms with van der Waals surface area (Å²) in [5.74, 6) is -0.826. The number of rotatable bonds is 9. The number of primary amides is 1. The van der Waals surface area contributed by atoms with Crippen LogP contribution in [0.1, 0.15) is 27.9 Å². The van der Waals surface area contributed by atoms with Crippen molar-refractivity contribution in [1.29, 1.82) is 0 Å². The molecule has 0 aliphatic carbocycles. The van der Waals surface area contributed by atoms with Crippen LogP contribution >= 0.6 is 0 Å². The lowest BCUT2D eigenvalue weighted by Gasteiger charge is -2.14. The molecule has 0 saturated carbocycles. The van der Waals surface area contributed by atoms with Gasteiger partial charge in [0.05, 0.1) is 6.33 Å². The summed E-state index contributed by atoms with van der Waals surface area (Å²) in [6.07, 6.45) is 7.89. The third-order valence-electron chi connectivity index (χ3n) is 4.89. The number of carbonyl (C=O) groups excluding carboxylic acids is 2. The van der Waals surface area contributed by atoms with Gasteiger partial charge in [-0.3, -0.25) is 9.59 Å². The van der Waals surface area contributed by atoms with Gasteiger partial charge in [0.2, 0.25) is 5.91 Å². The fourth-order valence-electron chi connectivity index (χ4n) is 3.21. The van der Waals surface area contributed by atoms with Gasteiger partial charge in [-0.15, -0.1) is 0 Å². The molecule has 7 heteroatoms. The Bertz CT molecular complexity index is 1050. The average molecular weight is 418 g/mol. The number of benzene rings is 2. The number of aryl methyl sites for hydroxylation is 1. The van der Waals surface area contributed by atoms with Crippen molar-refractivity contribution in [3.63, 3.8) is 0 Å². The SMILES string of the molecule is CN(C)c1ccc(/C=C(\C(=O)NCCCn2ccnc2)c2ccccc2C(N)=O)cc1. The molecule has 0 bridgehead atoms. The van der Waals surface area contributed by atoms with Gasteiger partial charge in [0.25, 0.3) is 5.91 Å². The molecule has 0 radical (unpaired) electrons. The number of hydrogen-bond acceptors (Lipinski definition) is 4. The number of nitrogens with zero attached hydrogens (tertiary/aromatic N) is 3. The van der Waals surface area contributed by atoms with Crippen LogP contribution in [-0.2, 0) is 11.3 Å². The first-order valence-electron chi connectivity index (χ1n) is 10.1. The van der Waals surface area contributed by atoms with Crippen molar-refractivity contribution < 1.29 is 9.59 Å². The molecule has 1 aromatic heterocycles. The number of nitrogens with one attached hydrogen (secondary N) is 1. The summed E-state index contributed by atoms with van der Waals surface area (Å²) in [6, 6.07) is 14.7. The highest BCUT2D eigenvalue weighted by atomic mass is 16.2. The van der Waals surface area contributed by atoms with E-state index in [0.29, 0.717) is 23.2 Å². The van der Waals surface area contributed by atoms with E-state index >= 15 is 0 Å². The molecule has 0 saturated heterocycles. The van der Waals surface area contributed by atoms with E-state index in [0.717, 1.165) is 24.2 Å². The summed E-state index contributed by atoms with van der Waals surface area (Å²) < 4.78 is 1.96. The number of anilines is 1. The van der Waals surface area contributed by atoms with Crippen LogP contribution in [0.4, 0.5) is 5.69 Å². The van der Waals surface area contributed by atoms with Gasteiger partial charge in [0.15, 0.2) is 0 Å². The normalized spacial score (nSPS) is 11.2. The maximum Gasteiger partial charge on any atom is 0.251 e. The van der Waals surface area contributed by atoms with Gasteiger partial charge in [-0.25, -0.2) is 4.98 Å². The summed E-state index contributed by atoms with van der Waals surface area (Å²) in [5, 5.41) is 2.96. The van der Waals surface area contributed by atoms with Crippen LogP contribution in [-0.4, -0.2) is 42.0 Å². The highest BCUT2D eigenvalue weighted by Crippen LogP contribution is 2.23. The third-order valence-corrected chi connectivity index (χ3v) is 4.89. The number of nitrogens with two attached hydrogens (primary N) is 1. The van der Waals surface area contributed by atoms with Crippen LogP contribution in [0, 0.1) is 0 Å². The van der Waals surface area contributed by atoms with E-state index in [1.54, 1.807) is 42.9 Å². The van der Waals surface area contributed by atoms with Crippen molar-refractivity contribution in [2.24, 2.45) is 5.73 Å². The first kappa shape index (κ1) is 21.8. The van der Waals surface area contributed by atoms with E-state index in [2.05, 4.69) is 10.3 Å². The maximum absolute atomic E-state index is 13.1. The minimum Gasteiger partial charge on any atom is -0.378 e. The average Bonchev–Trinajstić information content (AvgIpc) is 3.29. The molecule has 0 spiro atoms. The molecule has 31 heavy (non-hydrogen) atoms. The zero-order valence-electron chi connectivity index (χ0n) is 17.8. The number of amides is 2. The molecule has 1 heterocycles. The summed E-state index contributed by atoms with van der Waals surface area (Å²) in [6.45, 7) is 1.25. The van der Waals surface area contributed by atoms with Gasteiger partial charge in [-0.2, -0.15) is 0 Å². The molecular weight excluding hydrogens is 390 g/mol. The number of hydrogen-bond donors (Lipinski definition) is 2. The summed E-state index contributed by atoms with van der Waals surface area (Å²) in [4.78, 5) is 31.1. The molecule has 2 aromatic carbocycles. The van der Waals surface area contributed by atoms with Crippen molar-refractivity contribution in [2.45, 2.75) is 13.0 Å². The van der Waals surface area contributed by atoms with Gasteiger partial charge >= 0.3 is 0 Å². The topological polar surface area (TPSA) is 93.2 Å². The number of imidazole rings is 1. The first-order valence-corrected chi connectivity index (χ1v) is 10.1. The zero-order chi connectivity index (χ0) is 22.2. The van der Waals surface area contributed by atoms with Crippen LogP contribution in [0.5, 0.6) is 0 Å². The standard InChI is InChI=1S/C24H27N5O2/c1-28(2)19-10-8-18(9-11-19)16-22(20-6-3-4-7-21(20)23(25)30)24(31)27-12-5-14-29-15-13-26-17-29/h3-4,6-11,13,15-17H,5,12,14H2,1-2H3,(H2,25,30)(H,27,31)/b22-16-. The number of carbonyl (C=O) groups is 2. The first-order chi connectivity index (χ1) is 15.0. The minimum absolute atomic E-state index is 0.254. The van der Waals surface area contributed by atoms with Crippen molar-refractivity contribution in [1.82, 2.24) is 14.9 Å². The molecule has 0 unspecified atom stereocenters. The Morgan fingerprint density at radius 3 is 2.42 bits per heavy atom. The molecular formula is C24H27N5O2. The molecule has 0 atom stereocenters. The summed E-state index contributed by atoms with van der Waals surface area (Å²) >= 11 is 0. The van der Waals surface area contributed by atoms with E-state index in [1.807, 2.05) is 54.0 Å². The Morgan fingerprint density at radius 2 is 1.81 bits per heavy atom. The maximum atomic E-state index is 13.1. The lowest BCUT2D eigenvalue weighted by Crippen LogP contribution is -2.27. The smallest absolute Gasteiger partial charge is 0.251 e. The predicted molar refractivity (Wildman–Crippen MR) is 123 cm³/mol. The second kappa shape index (κ2) is 10.2. The summed E-state index contributed by atoms with van der Waals surface area (Å²) in [5.41, 5.74) is 8.70. The molecule has 0 aliphatic rings. The molecule has 2 amide bonds. The minimum atomic E-state index is -0.572. The van der Waals surface area contributed by atoms with E-state index < -0.39 is 5.91 Å². The molecule has 160 valence electrons. The largest absolute Gasteiger partial charge is 0.378 e. The highest BCUT2D eigenvalue weighted by Gasteiger charge is 2.17. The Hall–Kier alpha value is -3.87. The summed E-state index contributed by atoms with van der Waals surface area (Å²) in [7, 11) is 3.94. The highest BCUT2D eigenvalue weighted by molar-refractivity contribution is 6.26. The third kappa shape index (κ3) is 5.82. The fourth-order valence-corrected chi connectivity index (χ4v) is 3.21. The monoisotopic (exact) mass is 417 g/mol. The molecule has 0 aliphatic heterocycles. The molecule has 7 nitrogen and oxygen atoms in total. The molecule has 3 rings (SSSR count). The molecule has 3 aromatic rings. The second-order valence-corrected chi connectivity index (χ2v) is 7.36. The lowest BCUT2D eigenvalue weighted by atomic mass is 9.96. The van der Waals surface area contributed by atoms with Crippen molar-refractivity contribution >= 4 is 29.2 Å². The van der Waals surface area contributed by atoms with Crippen LogP contribution < -0.4 is 16.0 Å². The number of aromatic nitrogens is 2. The van der Waals surface area contributed by atoms with Crippen LogP contribution in [0.15, 0.2) is 67.3 Å². The van der Waals surface area contributed by atoms with Gasteiger partial charge in [-0.05, 0) is 41.8 Å².